The summed E-state index contributed by atoms with van der Waals surface area (Å²) in [6.45, 7) is 3.94. The lowest BCUT2D eigenvalue weighted by atomic mass is 9.78. The van der Waals surface area contributed by atoms with Gasteiger partial charge in [-0.2, -0.15) is 10.5 Å². The Balaban J connectivity index is 2.59. The Bertz CT molecular complexity index is 342. The molecule has 0 amide bonds. The van der Waals surface area contributed by atoms with Crippen molar-refractivity contribution in [2.75, 3.05) is 19.3 Å². The number of nitrogens with zero attached hydrogens (tertiary/aromatic N) is 4. The monoisotopic (exact) mass is 236 g/mol. The second-order valence-corrected chi connectivity index (χ2v) is 5.10. The van der Waals surface area contributed by atoms with Crippen LogP contribution >= 0.6 is 11.8 Å². The molecular formula is C11H16N4S. The van der Waals surface area contributed by atoms with Gasteiger partial charge in [0.25, 0.3) is 0 Å². The number of rotatable bonds is 1. The van der Waals surface area contributed by atoms with Crippen molar-refractivity contribution < 1.29 is 0 Å². The molecule has 1 aliphatic heterocycles. The number of thioether (sulfide) groups is 1. The minimum absolute atomic E-state index is 0.140. The standard InChI is InChI=1S/C11H16N4S/c1-11(3-6-12)4-7-15(8-5-11)10(16-2)14-9-13/h3-5,7-8H2,1-2H3/b14-10-. The van der Waals surface area contributed by atoms with E-state index in [-0.39, 0.29) is 5.41 Å². The molecule has 5 heteroatoms. The first-order chi connectivity index (χ1) is 7.65. The number of piperidine rings is 1. The first-order valence-electron chi connectivity index (χ1n) is 5.28. The van der Waals surface area contributed by atoms with Crippen molar-refractivity contribution in [3.63, 3.8) is 0 Å². The molecule has 1 fully saturated rings. The van der Waals surface area contributed by atoms with Crippen LogP contribution in [0.15, 0.2) is 4.99 Å². The van der Waals surface area contributed by atoms with Crippen LogP contribution in [0.25, 0.3) is 0 Å². The van der Waals surface area contributed by atoms with E-state index >= 15 is 0 Å². The fraction of sp³-hybridized carbons (Fsp3) is 0.727. The zero-order valence-electron chi connectivity index (χ0n) is 9.73. The maximum Gasteiger partial charge on any atom is 0.208 e. The van der Waals surface area contributed by atoms with Gasteiger partial charge in [-0.15, -0.1) is 4.99 Å². The Morgan fingerprint density at radius 1 is 1.44 bits per heavy atom. The Labute approximate surface area is 101 Å². The van der Waals surface area contributed by atoms with Gasteiger partial charge in [0.2, 0.25) is 6.19 Å². The molecule has 0 atom stereocenters. The summed E-state index contributed by atoms with van der Waals surface area (Å²) in [5, 5.41) is 18.1. The first-order valence-corrected chi connectivity index (χ1v) is 6.50. The van der Waals surface area contributed by atoms with Gasteiger partial charge in [0.15, 0.2) is 5.17 Å². The van der Waals surface area contributed by atoms with E-state index in [4.69, 9.17) is 10.5 Å². The summed E-state index contributed by atoms with van der Waals surface area (Å²) in [5.74, 6) is 0. The third-order valence-corrected chi connectivity index (χ3v) is 3.79. The molecule has 1 aliphatic rings. The Kier molecular flexibility index (Phi) is 4.64. The Morgan fingerprint density at radius 3 is 2.50 bits per heavy atom. The van der Waals surface area contributed by atoms with Gasteiger partial charge in [0, 0.05) is 19.5 Å². The molecule has 0 aromatic rings. The highest BCUT2D eigenvalue weighted by Crippen LogP contribution is 2.34. The number of aliphatic imine (C=N–C) groups is 1. The van der Waals surface area contributed by atoms with E-state index in [1.807, 2.05) is 12.4 Å². The predicted octanol–water partition coefficient (Wildman–Crippen LogP) is 2.20. The van der Waals surface area contributed by atoms with Crippen LogP contribution in [0.2, 0.25) is 0 Å². The van der Waals surface area contributed by atoms with Crippen LogP contribution in [-0.4, -0.2) is 29.4 Å². The maximum absolute atomic E-state index is 8.75. The zero-order chi connectivity index (χ0) is 12.0. The number of hydrogen-bond acceptors (Lipinski definition) is 4. The fourth-order valence-electron chi connectivity index (χ4n) is 1.89. The lowest BCUT2D eigenvalue weighted by Gasteiger charge is -2.38. The van der Waals surface area contributed by atoms with Gasteiger partial charge >= 0.3 is 0 Å². The third kappa shape index (κ3) is 3.15. The second-order valence-electron chi connectivity index (χ2n) is 4.33. The third-order valence-electron chi connectivity index (χ3n) is 3.08. The van der Waals surface area contributed by atoms with E-state index in [1.54, 1.807) is 0 Å². The summed E-state index contributed by atoms with van der Waals surface area (Å²) in [7, 11) is 0. The van der Waals surface area contributed by atoms with Gasteiger partial charge in [-0.25, -0.2) is 0 Å². The van der Waals surface area contributed by atoms with Crippen molar-refractivity contribution >= 4 is 16.9 Å². The van der Waals surface area contributed by atoms with Gasteiger partial charge in [-0.05, 0) is 24.5 Å². The molecule has 0 radical (unpaired) electrons. The highest BCUT2D eigenvalue weighted by atomic mass is 32.2. The van der Waals surface area contributed by atoms with Crippen molar-refractivity contribution in [2.45, 2.75) is 26.2 Å². The van der Waals surface area contributed by atoms with Crippen LogP contribution in [0.3, 0.4) is 0 Å². The SMILES string of the molecule is CS/C(=N\C#N)N1CCC(C)(CC#N)CC1. The summed E-state index contributed by atoms with van der Waals surface area (Å²) in [4.78, 5) is 5.94. The smallest absolute Gasteiger partial charge is 0.208 e. The molecule has 16 heavy (non-hydrogen) atoms. The van der Waals surface area contributed by atoms with Crippen LogP contribution in [0.4, 0.5) is 0 Å². The minimum atomic E-state index is 0.140. The molecule has 86 valence electrons. The molecule has 0 spiro atoms. The molecule has 1 heterocycles. The van der Waals surface area contributed by atoms with E-state index in [2.05, 4.69) is 22.9 Å². The number of hydrogen-bond donors (Lipinski definition) is 0. The number of amidine groups is 1. The molecule has 0 aromatic heterocycles. The molecule has 0 N–H and O–H groups in total. The fourth-order valence-corrected chi connectivity index (χ4v) is 2.47. The van der Waals surface area contributed by atoms with Crippen molar-refractivity contribution in [1.82, 2.24) is 4.90 Å². The second kappa shape index (κ2) is 5.77. The van der Waals surface area contributed by atoms with Crippen molar-refractivity contribution in [2.24, 2.45) is 10.4 Å². The molecule has 0 aromatic carbocycles. The van der Waals surface area contributed by atoms with E-state index in [0.29, 0.717) is 6.42 Å². The summed E-state index contributed by atoms with van der Waals surface area (Å²) in [5.41, 5.74) is 0.140. The Morgan fingerprint density at radius 2 is 2.06 bits per heavy atom. The van der Waals surface area contributed by atoms with E-state index in [0.717, 1.165) is 31.1 Å². The van der Waals surface area contributed by atoms with E-state index in [1.165, 1.54) is 11.8 Å². The molecule has 0 saturated carbocycles. The highest BCUT2D eigenvalue weighted by Gasteiger charge is 2.30. The molecule has 4 nitrogen and oxygen atoms in total. The quantitative estimate of drug-likeness (QED) is 0.398. The van der Waals surface area contributed by atoms with Gasteiger partial charge in [0.05, 0.1) is 6.07 Å². The lowest BCUT2D eigenvalue weighted by Crippen LogP contribution is -2.40. The van der Waals surface area contributed by atoms with Crippen LogP contribution in [-0.2, 0) is 0 Å². The van der Waals surface area contributed by atoms with Crippen molar-refractivity contribution in [3.05, 3.63) is 0 Å². The molecule has 0 bridgehead atoms. The summed E-state index contributed by atoms with van der Waals surface area (Å²) >= 11 is 1.50. The molecule has 1 saturated heterocycles. The highest BCUT2D eigenvalue weighted by molar-refractivity contribution is 8.13. The van der Waals surface area contributed by atoms with Gasteiger partial charge < -0.3 is 4.90 Å². The topological polar surface area (TPSA) is 63.2 Å². The number of nitriles is 2. The molecular weight excluding hydrogens is 220 g/mol. The Hall–Kier alpha value is -1.20. The normalized spacial score (nSPS) is 20.0. The largest absolute Gasteiger partial charge is 0.351 e. The summed E-state index contributed by atoms with van der Waals surface area (Å²) in [6.07, 6.45) is 6.36. The van der Waals surface area contributed by atoms with Crippen LogP contribution < -0.4 is 0 Å². The zero-order valence-corrected chi connectivity index (χ0v) is 10.5. The maximum atomic E-state index is 8.75. The van der Waals surface area contributed by atoms with Gasteiger partial charge in [0.1, 0.15) is 0 Å². The van der Waals surface area contributed by atoms with Gasteiger partial charge in [-0.3, -0.25) is 0 Å². The summed E-state index contributed by atoms with van der Waals surface area (Å²) in [6, 6.07) is 2.25. The predicted molar refractivity (Wildman–Crippen MR) is 65.7 cm³/mol. The van der Waals surface area contributed by atoms with E-state index < -0.39 is 0 Å². The van der Waals surface area contributed by atoms with Crippen molar-refractivity contribution in [3.8, 4) is 12.3 Å². The minimum Gasteiger partial charge on any atom is -0.351 e. The van der Waals surface area contributed by atoms with Crippen LogP contribution in [0.1, 0.15) is 26.2 Å². The average molecular weight is 236 g/mol. The molecule has 1 rings (SSSR count). The average Bonchev–Trinajstić information content (AvgIpc) is 2.27. The first kappa shape index (κ1) is 12.9. The molecule has 0 unspecified atom stereocenters. The van der Waals surface area contributed by atoms with Crippen molar-refractivity contribution in [1.29, 1.82) is 10.5 Å². The van der Waals surface area contributed by atoms with E-state index in [9.17, 15) is 0 Å². The van der Waals surface area contributed by atoms with Crippen LogP contribution in [0.5, 0.6) is 0 Å². The lowest BCUT2D eigenvalue weighted by molar-refractivity contribution is 0.174. The van der Waals surface area contributed by atoms with Crippen LogP contribution in [0, 0.1) is 28.2 Å². The summed E-state index contributed by atoms with van der Waals surface area (Å²) < 4.78 is 0. The van der Waals surface area contributed by atoms with Gasteiger partial charge in [-0.1, -0.05) is 18.7 Å². The number of likely N-dealkylation sites (tertiary alicyclic amines) is 1. The molecule has 0 aliphatic carbocycles.